The number of benzene rings is 1. The van der Waals surface area contributed by atoms with E-state index in [0.717, 1.165) is 32.6 Å². The predicted molar refractivity (Wildman–Crippen MR) is 98.6 cm³/mol. The zero-order chi connectivity index (χ0) is 17.6. The molecule has 2 aromatic heterocycles. The molecule has 1 aliphatic rings. The Bertz CT molecular complexity index is 781. The van der Waals surface area contributed by atoms with Crippen molar-refractivity contribution in [2.24, 2.45) is 0 Å². The largest absolute Gasteiger partial charge is 0.330 e. The Balaban J connectivity index is 1.35. The number of nitrogens with zero attached hydrogens (tertiary/aromatic N) is 7. The van der Waals surface area contributed by atoms with E-state index in [1.807, 2.05) is 6.20 Å². The van der Waals surface area contributed by atoms with Crippen molar-refractivity contribution in [1.82, 2.24) is 34.7 Å². The van der Waals surface area contributed by atoms with Gasteiger partial charge in [0.15, 0.2) is 0 Å². The molecule has 1 aromatic carbocycles. The highest BCUT2D eigenvalue weighted by atomic mass is 15.5. The number of hydrogen-bond acceptors (Lipinski definition) is 5. The van der Waals surface area contributed by atoms with Crippen LogP contribution in [0.4, 0.5) is 0 Å². The Kier molecular flexibility index (Phi) is 5.35. The number of aryl methyl sites for hydroxylation is 1. The van der Waals surface area contributed by atoms with Crippen LogP contribution in [-0.2, 0) is 13.1 Å². The number of piperidine rings is 1. The van der Waals surface area contributed by atoms with Gasteiger partial charge in [0, 0.05) is 37.9 Å². The molecule has 1 unspecified atom stereocenters. The molecule has 0 amide bonds. The summed E-state index contributed by atoms with van der Waals surface area (Å²) in [6.07, 6.45) is 9.24. The number of tetrazole rings is 1. The summed E-state index contributed by atoms with van der Waals surface area (Å²) >= 11 is 0. The molecule has 0 bridgehead atoms. The van der Waals surface area contributed by atoms with E-state index in [9.17, 15) is 0 Å². The summed E-state index contributed by atoms with van der Waals surface area (Å²) in [5, 5.41) is 11.3. The lowest BCUT2D eigenvalue weighted by atomic mass is 9.97. The van der Waals surface area contributed by atoms with Gasteiger partial charge in [-0.1, -0.05) is 30.3 Å². The van der Waals surface area contributed by atoms with Gasteiger partial charge in [-0.2, -0.15) is 0 Å². The lowest BCUT2D eigenvalue weighted by molar-refractivity contribution is 0.196. The fourth-order valence-electron chi connectivity index (χ4n) is 3.80. The Morgan fingerprint density at radius 3 is 2.88 bits per heavy atom. The van der Waals surface area contributed by atoms with Crippen LogP contribution in [-0.4, -0.2) is 54.3 Å². The summed E-state index contributed by atoms with van der Waals surface area (Å²) in [6.45, 7) is 5.10. The number of hydrogen-bond donors (Lipinski definition) is 0. The van der Waals surface area contributed by atoms with Crippen LogP contribution in [0.5, 0.6) is 0 Å². The first-order valence-corrected chi connectivity index (χ1v) is 9.36. The van der Waals surface area contributed by atoms with Crippen molar-refractivity contribution in [3.05, 3.63) is 60.4 Å². The van der Waals surface area contributed by atoms with Crippen molar-refractivity contribution in [3.63, 3.8) is 0 Å². The second-order valence-corrected chi connectivity index (χ2v) is 6.97. The first-order chi connectivity index (χ1) is 12.9. The standard InChI is InChI=1S/C19H25N7/c1-2-6-17(7-3-1)14-25-13-9-20-19(25)18-8-4-10-24(15-18)11-5-12-26-16-21-22-23-26/h1-3,6-7,9,13,16,18H,4-5,8,10-12,14-15H2. The normalized spacial score (nSPS) is 18.2. The maximum Gasteiger partial charge on any atom is 0.138 e. The van der Waals surface area contributed by atoms with Crippen molar-refractivity contribution in [3.8, 4) is 0 Å². The summed E-state index contributed by atoms with van der Waals surface area (Å²) in [6, 6.07) is 10.6. The van der Waals surface area contributed by atoms with Crippen molar-refractivity contribution in [2.45, 2.75) is 38.3 Å². The fraction of sp³-hybridized carbons (Fsp3) is 0.474. The second-order valence-electron chi connectivity index (χ2n) is 6.97. The van der Waals surface area contributed by atoms with Gasteiger partial charge < -0.3 is 9.47 Å². The van der Waals surface area contributed by atoms with E-state index < -0.39 is 0 Å². The molecular formula is C19H25N7. The average molecular weight is 351 g/mol. The number of rotatable bonds is 7. The Morgan fingerprint density at radius 2 is 2.04 bits per heavy atom. The van der Waals surface area contributed by atoms with E-state index in [0.29, 0.717) is 5.92 Å². The number of imidazole rings is 1. The maximum absolute atomic E-state index is 4.70. The summed E-state index contributed by atoms with van der Waals surface area (Å²) in [4.78, 5) is 7.25. The molecule has 0 spiro atoms. The number of likely N-dealkylation sites (tertiary alicyclic amines) is 1. The SMILES string of the molecule is c1ccc(Cn2ccnc2C2CCCN(CCCn3cnnn3)C2)cc1. The van der Waals surface area contributed by atoms with Crippen LogP contribution < -0.4 is 0 Å². The third-order valence-electron chi connectivity index (χ3n) is 5.07. The molecule has 3 aromatic rings. The van der Waals surface area contributed by atoms with Gasteiger partial charge in [0.25, 0.3) is 0 Å². The molecule has 1 fully saturated rings. The molecule has 7 heteroatoms. The smallest absolute Gasteiger partial charge is 0.138 e. The molecular weight excluding hydrogens is 326 g/mol. The van der Waals surface area contributed by atoms with Crippen LogP contribution in [0, 0.1) is 0 Å². The zero-order valence-electron chi connectivity index (χ0n) is 15.0. The predicted octanol–water partition coefficient (Wildman–Crippen LogP) is 2.19. The van der Waals surface area contributed by atoms with Gasteiger partial charge in [-0.25, -0.2) is 9.67 Å². The van der Waals surface area contributed by atoms with Crippen LogP contribution in [0.25, 0.3) is 0 Å². The highest BCUT2D eigenvalue weighted by molar-refractivity contribution is 5.16. The maximum atomic E-state index is 4.70. The van der Waals surface area contributed by atoms with Gasteiger partial charge >= 0.3 is 0 Å². The van der Waals surface area contributed by atoms with E-state index >= 15 is 0 Å². The minimum atomic E-state index is 0.510. The van der Waals surface area contributed by atoms with E-state index in [1.54, 1.807) is 11.0 Å². The fourth-order valence-corrected chi connectivity index (χ4v) is 3.80. The Morgan fingerprint density at radius 1 is 1.12 bits per heavy atom. The minimum Gasteiger partial charge on any atom is -0.330 e. The van der Waals surface area contributed by atoms with Crippen LogP contribution in [0.15, 0.2) is 49.1 Å². The first kappa shape index (κ1) is 16.9. The van der Waals surface area contributed by atoms with Crippen molar-refractivity contribution < 1.29 is 0 Å². The zero-order valence-corrected chi connectivity index (χ0v) is 15.0. The third kappa shape index (κ3) is 4.16. The van der Waals surface area contributed by atoms with E-state index in [1.165, 1.54) is 30.8 Å². The van der Waals surface area contributed by atoms with Crippen LogP contribution in [0.2, 0.25) is 0 Å². The van der Waals surface area contributed by atoms with E-state index in [4.69, 9.17) is 4.98 Å². The van der Waals surface area contributed by atoms with Crippen LogP contribution in [0.3, 0.4) is 0 Å². The Hall–Kier alpha value is -2.54. The summed E-state index contributed by atoms with van der Waals surface area (Å²) < 4.78 is 4.11. The molecule has 0 N–H and O–H groups in total. The molecule has 3 heterocycles. The molecule has 0 aliphatic carbocycles. The first-order valence-electron chi connectivity index (χ1n) is 9.36. The van der Waals surface area contributed by atoms with Gasteiger partial charge in [0.05, 0.1) is 0 Å². The molecule has 7 nitrogen and oxygen atoms in total. The number of aromatic nitrogens is 6. The molecule has 0 radical (unpaired) electrons. The van der Waals surface area contributed by atoms with Crippen molar-refractivity contribution in [2.75, 3.05) is 19.6 Å². The highest BCUT2D eigenvalue weighted by Gasteiger charge is 2.24. The molecule has 26 heavy (non-hydrogen) atoms. The van der Waals surface area contributed by atoms with Gasteiger partial charge in [0.1, 0.15) is 12.2 Å². The van der Waals surface area contributed by atoms with Crippen molar-refractivity contribution >= 4 is 0 Å². The molecule has 1 atom stereocenters. The van der Waals surface area contributed by atoms with Gasteiger partial charge in [-0.15, -0.1) is 5.10 Å². The molecule has 136 valence electrons. The molecule has 0 saturated carbocycles. The van der Waals surface area contributed by atoms with Gasteiger partial charge in [-0.3, -0.25) is 0 Å². The Labute approximate surface area is 153 Å². The van der Waals surface area contributed by atoms with Crippen LogP contribution >= 0.6 is 0 Å². The summed E-state index contributed by atoms with van der Waals surface area (Å²) in [5.41, 5.74) is 1.32. The quantitative estimate of drug-likeness (QED) is 0.653. The molecule has 4 rings (SSSR count). The monoisotopic (exact) mass is 351 g/mol. The summed E-state index contributed by atoms with van der Waals surface area (Å²) in [5.74, 6) is 1.73. The van der Waals surface area contributed by atoms with Crippen molar-refractivity contribution in [1.29, 1.82) is 0 Å². The molecule has 1 saturated heterocycles. The average Bonchev–Trinajstić information content (AvgIpc) is 3.35. The van der Waals surface area contributed by atoms with E-state index in [2.05, 4.69) is 61.5 Å². The molecule has 1 aliphatic heterocycles. The third-order valence-corrected chi connectivity index (χ3v) is 5.07. The minimum absolute atomic E-state index is 0.510. The lowest BCUT2D eigenvalue weighted by Crippen LogP contribution is -2.36. The topological polar surface area (TPSA) is 64.7 Å². The summed E-state index contributed by atoms with van der Waals surface area (Å²) in [7, 11) is 0. The highest BCUT2D eigenvalue weighted by Crippen LogP contribution is 2.26. The van der Waals surface area contributed by atoms with E-state index in [-0.39, 0.29) is 0 Å². The van der Waals surface area contributed by atoms with Gasteiger partial charge in [-0.05, 0) is 48.3 Å². The van der Waals surface area contributed by atoms with Gasteiger partial charge in [0.2, 0.25) is 0 Å². The van der Waals surface area contributed by atoms with Crippen LogP contribution in [0.1, 0.15) is 36.6 Å². The lowest BCUT2D eigenvalue weighted by Gasteiger charge is -2.32. The second kappa shape index (κ2) is 8.23.